The van der Waals surface area contributed by atoms with E-state index in [1.54, 1.807) is 0 Å². The van der Waals surface area contributed by atoms with Crippen molar-refractivity contribution in [2.45, 2.75) is 31.3 Å². The number of hydrogen-bond donors (Lipinski definition) is 1. The molecule has 2 rings (SSSR count). The molecule has 1 saturated heterocycles. The summed E-state index contributed by atoms with van der Waals surface area (Å²) < 4.78 is 5.66. The number of carbonyl (C=O) groups excluding carboxylic acids is 1. The number of rotatable bonds is 4. The van der Waals surface area contributed by atoms with Crippen LogP contribution >= 0.6 is 0 Å². The smallest absolute Gasteiger partial charge is 0.218 e. The number of ether oxygens (including phenoxy) is 1. The number of primary amides is 1. The maximum absolute atomic E-state index is 11.1. The Labute approximate surface area is 95.6 Å². The van der Waals surface area contributed by atoms with Crippen molar-refractivity contribution in [1.29, 1.82) is 0 Å². The van der Waals surface area contributed by atoms with Crippen LogP contribution < -0.4 is 5.73 Å². The third kappa shape index (κ3) is 2.61. The molecular formula is C13H17NO2. The zero-order valence-corrected chi connectivity index (χ0v) is 9.26. The number of amides is 1. The van der Waals surface area contributed by atoms with Gasteiger partial charge in [-0.25, -0.2) is 0 Å². The molecule has 0 saturated carbocycles. The van der Waals surface area contributed by atoms with Gasteiger partial charge < -0.3 is 10.5 Å². The largest absolute Gasteiger partial charge is 0.378 e. The first-order chi connectivity index (χ1) is 7.77. The lowest BCUT2D eigenvalue weighted by atomic mass is 9.89. The molecule has 1 amide bonds. The van der Waals surface area contributed by atoms with Crippen LogP contribution in [0.4, 0.5) is 0 Å². The number of carbonyl (C=O) groups is 1. The summed E-state index contributed by atoms with van der Waals surface area (Å²) in [6.45, 7) is 0.798. The van der Waals surface area contributed by atoms with Gasteiger partial charge in [0.2, 0.25) is 5.91 Å². The van der Waals surface area contributed by atoms with E-state index in [0.717, 1.165) is 25.0 Å². The molecule has 1 aromatic carbocycles. The van der Waals surface area contributed by atoms with Crippen LogP contribution in [0.1, 0.15) is 30.7 Å². The molecule has 1 aliphatic heterocycles. The summed E-state index contributed by atoms with van der Waals surface area (Å²) in [5, 5.41) is 0. The summed E-state index contributed by atoms with van der Waals surface area (Å²) in [7, 11) is 0. The van der Waals surface area contributed by atoms with Crippen molar-refractivity contribution in [3.8, 4) is 0 Å². The Kier molecular flexibility index (Phi) is 3.57. The molecule has 0 radical (unpaired) electrons. The van der Waals surface area contributed by atoms with Gasteiger partial charge in [0.1, 0.15) is 0 Å². The van der Waals surface area contributed by atoms with E-state index in [-0.39, 0.29) is 17.9 Å². The Morgan fingerprint density at radius 3 is 2.75 bits per heavy atom. The molecule has 1 aromatic rings. The average molecular weight is 219 g/mol. The van der Waals surface area contributed by atoms with Crippen molar-refractivity contribution in [3.63, 3.8) is 0 Å². The highest BCUT2D eigenvalue weighted by Gasteiger charge is 2.28. The predicted molar refractivity (Wildman–Crippen MR) is 62.0 cm³/mol. The normalized spacial score (nSPS) is 21.9. The molecule has 1 fully saturated rings. The summed E-state index contributed by atoms with van der Waals surface area (Å²) >= 11 is 0. The Balaban J connectivity index is 2.16. The fourth-order valence-electron chi connectivity index (χ4n) is 2.30. The van der Waals surface area contributed by atoms with Gasteiger partial charge in [-0.3, -0.25) is 4.79 Å². The molecule has 0 unspecified atom stereocenters. The molecule has 2 atom stereocenters. The Bertz CT molecular complexity index is 344. The zero-order chi connectivity index (χ0) is 11.4. The van der Waals surface area contributed by atoms with Crippen LogP contribution in [0.15, 0.2) is 30.3 Å². The highest BCUT2D eigenvalue weighted by molar-refractivity contribution is 5.74. The van der Waals surface area contributed by atoms with Gasteiger partial charge in [-0.15, -0.1) is 0 Å². The van der Waals surface area contributed by atoms with E-state index < -0.39 is 0 Å². The fraction of sp³-hybridized carbons (Fsp3) is 0.462. The lowest BCUT2D eigenvalue weighted by Crippen LogP contribution is -2.24. The van der Waals surface area contributed by atoms with Crippen molar-refractivity contribution < 1.29 is 9.53 Å². The maximum Gasteiger partial charge on any atom is 0.218 e. The van der Waals surface area contributed by atoms with Gasteiger partial charge in [0.15, 0.2) is 0 Å². The molecule has 86 valence electrons. The minimum Gasteiger partial charge on any atom is -0.378 e. The molecule has 16 heavy (non-hydrogen) atoms. The summed E-state index contributed by atoms with van der Waals surface area (Å²) in [4.78, 5) is 11.1. The van der Waals surface area contributed by atoms with Crippen molar-refractivity contribution in [1.82, 2.24) is 0 Å². The van der Waals surface area contributed by atoms with Crippen molar-refractivity contribution in [2.75, 3.05) is 6.61 Å². The fourth-order valence-corrected chi connectivity index (χ4v) is 2.30. The SMILES string of the molecule is NC(=O)C[C@@H](c1ccccc1)[C@H]1CCCO1. The molecule has 0 spiro atoms. The number of nitrogens with two attached hydrogens (primary N) is 1. The summed E-state index contributed by atoms with van der Waals surface area (Å²) in [6, 6.07) is 10.0. The molecule has 0 bridgehead atoms. The van der Waals surface area contributed by atoms with Crippen molar-refractivity contribution in [3.05, 3.63) is 35.9 Å². The zero-order valence-electron chi connectivity index (χ0n) is 9.26. The predicted octanol–water partition coefficient (Wildman–Crippen LogP) is 1.82. The highest BCUT2D eigenvalue weighted by Crippen LogP contribution is 2.31. The highest BCUT2D eigenvalue weighted by atomic mass is 16.5. The van der Waals surface area contributed by atoms with E-state index in [9.17, 15) is 4.79 Å². The minimum absolute atomic E-state index is 0.112. The molecular weight excluding hydrogens is 202 g/mol. The molecule has 1 heterocycles. The molecule has 0 aromatic heterocycles. The Hall–Kier alpha value is -1.35. The number of hydrogen-bond acceptors (Lipinski definition) is 2. The third-order valence-electron chi connectivity index (χ3n) is 3.06. The van der Waals surface area contributed by atoms with Gasteiger partial charge >= 0.3 is 0 Å². The van der Waals surface area contributed by atoms with E-state index >= 15 is 0 Å². The second kappa shape index (κ2) is 5.12. The summed E-state index contributed by atoms with van der Waals surface area (Å²) in [6.07, 6.45) is 2.61. The lowest BCUT2D eigenvalue weighted by Gasteiger charge is -2.22. The van der Waals surface area contributed by atoms with Gasteiger partial charge in [0, 0.05) is 18.9 Å². The molecule has 3 nitrogen and oxygen atoms in total. The van der Waals surface area contributed by atoms with Crippen molar-refractivity contribution in [2.24, 2.45) is 5.73 Å². The van der Waals surface area contributed by atoms with E-state index in [0.29, 0.717) is 6.42 Å². The van der Waals surface area contributed by atoms with Crippen LogP contribution in [-0.2, 0) is 9.53 Å². The van der Waals surface area contributed by atoms with E-state index in [1.165, 1.54) is 0 Å². The van der Waals surface area contributed by atoms with Crippen molar-refractivity contribution >= 4 is 5.91 Å². The first-order valence-electron chi connectivity index (χ1n) is 5.72. The first-order valence-corrected chi connectivity index (χ1v) is 5.72. The van der Waals surface area contributed by atoms with E-state index in [4.69, 9.17) is 10.5 Å². The molecule has 0 aliphatic carbocycles. The van der Waals surface area contributed by atoms with Gasteiger partial charge in [0.25, 0.3) is 0 Å². The molecule has 2 N–H and O–H groups in total. The van der Waals surface area contributed by atoms with E-state index in [1.807, 2.05) is 30.3 Å². The molecule has 3 heteroatoms. The van der Waals surface area contributed by atoms with Gasteiger partial charge in [-0.1, -0.05) is 30.3 Å². The van der Waals surface area contributed by atoms with Crippen LogP contribution in [-0.4, -0.2) is 18.6 Å². The maximum atomic E-state index is 11.1. The lowest BCUT2D eigenvalue weighted by molar-refractivity contribution is -0.119. The quantitative estimate of drug-likeness (QED) is 0.839. The first kappa shape index (κ1) is 11.1. The van der Waals surface area contributed by atoms with Gasteiger partial charge in [-0.2, -0.15) is 0 Å². The average Bonchev–Trinajstić information content (AvgIpc) is 2.80. The topological polar surface area (TPSA) is 52.3 Å². The van der Waals surface area contributed by atoms with Crippen LogP contribution in [0, 0.1) is 0 Å². The Morgan fingerprint density at radius 1 is 1.44 bits per heavy atom. The standard InChI is InChI=1S/C13H17NO2/c14-13(15)9-11(12-7-4-8-16-12)10-5-2-1-3-6-10/h1-3,5-6,11-12H,4,7-9H2,(H2,14,15)/t11-,12+/m0/s1. The molecule has 1 aliphatic rings. The monoisotopic (exact) mass is 219 g/mol. The third-order valence-corrected chi connectivity index (χ3v) is 3.06. The minimum atomic E-state index is -0.260. The summed E-state index contributed by atoms with van der Waals surface area (Å²) in [5.41, 5.74) is 6.45. The van der Waals surface area contributed by atoms with Crippen LogP contribution in [0.5, 0.6) is 0 Å². The van der Waals surface area contributed by atoms with Gasteiger partial charge in [0.05, 0.1) is 6.10 Å². The van der Waals surface area contributed by atoms with E-state index in [2.05, 4.69) is 0 Å². The van der Waals surface area contributed by atoms with Gasteiger partial charge in [-0.05, 0) is 18.4 Å². The number of benzene rings is 1. The second-order valence-corrected chi connectivity index (χ2v) is 4.24. The summed E-state index contributed by atoms with van der Waals surface area (Å²) in [5.74, 6) is -0.148. The Morgan fingerprint density at radius 2 is 2.19 bits per heavy atom. The van der Waals surface area contributed by atoms with Crippen LogP contribution in [0.2, 0.25) is 0 Å². The van der Waals surface area contributed by atoms with Crippen LogP contribution in [0.3, 0.4) is 0 Å². The second-order valence-electron chi connectivity index (χ2n) is 4.24. The van der Waals surface area contributed by atoms with Crippen LogP contribution in [0.25, 0.3) is 0 Å².